The van der Waals surface area contributed by atoms with E-state index in [9.17, 15) is 0 Å². The van der Waals surface area contributed by atoms with Crippen LogP contribution < -0.4 is 5.32 Å². The highest BCUT2D eigenvalue weighted by Gasteiger charge is 2.16. The minimum atomic E-state index is 0.589. The number of aromatic nitrogens is 3. The molecule has 5 rings (SSSR count). The number of nitrogens with one attached hydrogen (secondary N) is 1. The van der Waals surface area contributed by atoms with Crippen molar-refractivity contribution in [2.45, 2.75) is 25.7 Å². The SMILES string of the molecule is Cc1cc(-c2ccc3cc(C4CCNCC4)ncc3c2)cc2cn(C)nc12. The Balaban J connectivity index is 1.54. The Bertz CT molecular complexity index is 1140. The first-order valence-corrected chi connectivity index (χ1v) is 9.72. The summed E-state index contributed by atoms with van der Waals surface area (Å²) in [7, 11) is 1.97. The summed E-state index contributed by atoms with van der Waals surface area (Å²) in [4.78, 5) is 4.80. The van der Waals surface area contributed by atoms with Crippen molar-refractivity contribution in [1.29, 1.82) is 0 Å². The molecule has 2 aromatic carbocycles. The van der Waals surface area contributed by atoms with Gasteiger partial charge in [-0.1, -0.05) is 12.1 Å². The van der Waals surface area contributed by atoms with Gasteiger partial charge in [0, 0.05) is 41.8 Å². The quantitative estimate of drug-likeness (QED) is 0.572. The predicted molar refractivity (Wildman–Crippen MR) is 111 cm³/mol. The number of pyridine rings is 1. The van der Waals surface area contributed by atoms with Crippen molar-refractivity contribution in [2.24, 2.45) is 7.05 Å². The molecule has 1 aliphatic rings. The maximum Gasteiger partial charge on any atom is 0.0952 e. The van der Waals surface area contributed by atoms with E-state index in [0.717, 1.165) is 18.6 Å². The fourth-order valence-electron chi connectivity index (χ4n) is 4.28. The maximum atomic E-state index is 4.80. The van der Waals surface area contributed by atoms with E-state index >= 15 is 0 Å². The fourth-order valence-corrected chi connectivity index (χ4v) is 4.28. The standard InChI is InChI=1S/C23H24N4/c1-15-9-19(11-21-14-27(2)26-23(15)21)17-3-4-18-12-22(25-13-20(18)10-17)16-5-7-24-8-6-16/h3-4,9-14,16,24H,5-8H2,1-2H3. The van der Waals surface area contributed by atoms with Gasteiger partial charge in [0.15, 0.2) is 0 Å². The number of rotatable bonds is 2. The molecule has 1 N–H and O–H groups in total. The van der Waals surface area contributed by atoms with E-state index < -0.39 is 0 Å². The van der Waals surface area contributed by atoms with Gasteiger partial charge in [0.05, 0.1) is 5.52 Å². The van der Waals surface area contributed by atoms with Crippen molar-refractivity contribution in [3.8, 4) is 11.1 Å². The second-order valence-electron chi connectivity index (χ2n) is 7.73. The molecule has 1 aliphatic heterocycles. The molecule has 0 atom stereocenters. The zero-order valence-corrected chi connectivity index (χ0v) is 15.9. The highest BCUT2D eigenvalue weighted by atomic mass is 15.2. The van der Waals surface area contributed by atoms with Gasteiger partial charge in [-0.05, 0) is 79.2 Å². The van der Waals surface area contributed by atoms with Gasteiger partial charge in [0.2, 0.25) is 0 Å². The van der Waals surface area contributed by atoms with E-state index in [1.54, 1.807) is 0 Å². The van der Waals surface area contributed by atoms with Gasteiger partial charge in [-0.3, -0.25) is 9.67 Å². The number of benzene rings is 2. The summed E-state index contributed by atoms with van der Waals surface area (Å²) in [6.07, 6.45) is 6.49. The maximum absolute atomic E-state index is 4.80. The van der Waals surface area contributed by atoms with Crippen molar-refractivity contribution in [3.05, 3.63) is 60.0 Å². The highest BCUT2D eigenvalue weighted by Crippen LogP contribution is 2.31. The molecule has 4 heteroatoms. The normalized spacial score (nSPS) is 15.6. The number of nitrogens with zero attached hydrogens (tertiary/aromatic N) is 3. The molecule has 4 nitrogen and oxygen atoms in total. The van der Waals surface area contributed by atoms with Crippen LogP contribution in [-0.4, -0.2) is 27.9 Å². The topological polar surface area (TPSA) is 42.7 Å². The summed E-state index contributed by atoms with van der Waals surface area (Å²) in [6.45, 7) is 4.33. The first-order valence-electron chi connectivity index (χ1n) is 9.72. The third kappa shape index (κ3) is 3.00. The fraction of sp³-hybridized carbons (Fsp3) is 0.304. The zero-order chi connectivity index (χ0) is 18.4. The van der Waals surface area contributed by atoms with Crippen LogP contribution in [0, 0.1) is 6.92 Å². The number of hydrogen-bond acceptors (Lipinski definition) is 3. The van der Waals surface area contributed by atoms with Gasteiger partial charge in [0.1, 0.15) is 0 Å². The Hall–Kier alpha value is -2.72. The van der Waals surface area contributed by atoms with E-state index in [1.165, 1.54) is 51.4 Å². The lowest BCUT2D eigenvalue weighted by atomic mass is 9.92. The van der Waals surface area contributed by atoms with Crippen LogP contribution in [0.1, 0.15) is 30.0 Å². The van der Waals surface area contributed by atoms with E-state index in [1.807, 2.05) is 17.9 Å². The molecule has 3 heterocycles. The Morgan fingerprint density at radius 3 is 2.63 bits per heavy atom. The largest absolute Gasteiger partial charge is 0.317 e. The monoisotopic (exact) mass is 356 g/mol. The van der Waals surface area contributed by atoms with Gasteiger partial charge in [-0.15, -0.1) is 0 Å². The Morgan fingerprint density at radius 2 is 1.78 bits per heavy atom. The molecule has 0 radical (unpaired) electrons. The second kappa shape index (κ2) is 6.46. The van der Waals surface area contributed by atoms with Gasteiger partial charge in [-0.2, -0.15) is 5.10 Å². The van der Waals surface area contributed by atoms with Crippen molar-refractivity contribution in [3.63, 3.8) is 0 Å². The van der Waals surface area contributed by atoms with Crippen LogP contribution in [0.5, 0.6) is 0 Å². The molecule has 0 unspecified atom stereocenters. The second-order valence-corrected chi connectivity index (χ2v) is 7.73. The summed E-state index contributed by atoms with van der Waals surface area (Å²) in [6, 6.07) is 13.5. The lowest BCUT2D eigenvalue weighted by molar-refractivity contribution is 0.454. The van der Waals surface area contributed by atoms with Crippen LogP contribution in [0.3, 0.4) is 0 Å². The number of fused-ring (bicyclic) bond motifs is 2. The highest BCUT2D eigenvalue weighted by molar-refractivity contribution is 5.91. The lowest BCUT2D eigenvalue weighted by Crippen LogP contribution is -2.27. The molecule has 0 bridgehead atoms. The van der Waals surface area contributed by atoms with Crippen LogP contribution in [0.25, 0.3) is 32.8 Å². The third-order valence-electron chi connectivity index (χ3n) is 5.75. The smallest absolute Gasteiger partial charge is 0.0952 e. The summed E-state index contributed by atoms with van der Waals surface area (Å²) in [5.74, 6) is 0.589. The Kier molecular flexibility index (Phi) is 3.94. The van der Waals surface area contributed by atoms with Crippen LogP contribution in [0.4, 0.5) is 0 Å². The molecule has 136 valence electrons. The van der Waals surface area contributed by atoms with Crippen LogP contribution in [0.2, 0.25) is 0 Å². The number of aryl methyl sites for hydroxylation is 2. The molecule has 1 fully saturated rings. The number of hydrogen-bond donors (Lipinski definition) is 1. The van der Waals surface area contributed by atoms with E-state index in [4.69, 9.17) is 4.98 Å². The average Bonchev–Trinajstić information content (AvgIpc) is 3.09. The zero-order valence-electron chi connectivity index (χ0n) is 15.9. The number of piperidine rings is 1. The first-order chi connectivity index (χ1) is 13.2. The van der Waals surface area contributed by atoms with Crippen molar-refractivity contribution in [1.82, 2.24) is 20.1 Å². The molecule has 0 spiro atoms. The molecule has 0 amide bonds. The van der Waals surface area contributed by atoms with Gasteiger partial charge in [-0.25, -0.2) is 0 Å². The molecule has 0 aliphatic carbocycles. The Labute approximate surface area is 159 Å². The molecule has 27 heavy (non-hydrogen) atoms. The first kappa shape index (κ1) is 16.5. The molecule has 0 saturated carbocycles. The summed E-state index contributed by atoms with van der Waals surface area (Å²) < 4.78 is 1.88. The third-order valence-corrected chi connectivity index (χ3v) is 5.75. The summed E-state index contributed by atoms with van der Waals surface area (Å²) in [5.41, 5.74) is 5.99. The summed E-state index contributed by atoms with van der Waals surface area (Å²) in [5, 5.41) is 11.7. The van der Waals surface area contributed by atoms with Crippen LogP contribution in [-0.2, 0) is 7.05 Å². The van der Waals surface area contributed by atoms with E-state index in [2.05, 4.69) is 59.9 Å². The lowest BCUT2D eigenvalue weighted by Gasteiger charge is -2.22. The van der Waals surface area contributed by atoms with Gasteiger partial charge < -0.3 is 5.32 Å². The summed E-state index contributed by atoms with van der Waals surface area (Å²) >= 11 is 0. The molecule has 4 aromatic rings. The molecular formula is C23H24N4. The predicted octanol–water partition coefficient (Wildman–Crippen LogP) is 4.56. The minimum absolute atomic E-state index is 0.589. The van der Waals surface area contributed by atoms with Crippen LogP contribution >= 0.6 is 0 Å². The van der Waals surface area contributed by atoms with Crippen molar-refractivity contribution in [2.75, 3.05) is 13.1 Å². The molecular weight excluding hydrogens is 332 g/mol. The minimum Gasteiger partial charge on any atom is -0.317 e. The Morgan fingerprint density at radius 1 is 0.963 bits per heavy atom. The van der Waals surface area contributed by atoms with E-state index in [0.29, 0.717) is 5.92 Å². The van der Waals surface area contributed by atoms with Gasteiger partial charge in [0.25, 0.3) is 0 Å². The van der Waals surface area contributed by atoms with Crippen LogP contribution in [0.15, 0.2) is 48.8 Å². The van der Waals surface area contributed by atoms with Crippen molar-refractivity contribution < 1.29 is 0 Å². The molecule has 2 aromatic heterocycles. The molecule has 1 saturated heterocycles. The van der Waals surface area contributed by atoms with Crippen molar-refractivity contribution >= 4 is 21.7 Å². The average molecular weight is 356 g/mol. The van der Waals surface area contributed by atoms with Gasteiger partial charge >= 0.3 is 0 Å². The van der Waals surface area contributed by atoms with E-state index in [-0.39, 0.29) is 0 Å².